The number of hydrogen-bond donors (Lipinski definition) is 0. The molecule has 1 fully saturated rings. The number of piperazine rings is 1. The van der Waals surface area contributed by atoms with Gasteiger partial charge in [0.25, 0.3) is 0 Å². The zero-order valence-electron chi connectivity index (χ0n) is 19.4. The van der Waals surface area contributed by atoms with E-state index in [-0.39, 0.29) is 16.4 Å². The molecule has 1 radical (unpaired) electrons. The first-order valence-electron chi connectivity index (χ1n) is 11.1. The van der Waals surface area contributed by atoms with Gasteiger partial charge in [0.2, 0.25) is 10.0 Å². The van der Waals surface area contributed by atoms with E-state index in [1.807, 2.05) is 20.9 Å². The highest BCUT2D eigenvalue weighted by atomic mass is 32.2. The number of ether oxygens (including phenoxy) is 1. The molecule has 1 aromatic carbocycles. The fourth-order valence-electron chi connectivity index (χ4n) is 4.03. The Hall–Kier alpha value is -2.76. The highest BCUT2D eigenvalue weighted by Gasteiger charge is 2.32. The molecule has 2 aliphatic heterocycles. The fraction of sp³-hybridized carbons (Fsp3) is 0.500. The summed E-state index contributed by atoms with van der Waals surface area (Å²) < 4.78 is 35.5. The fourth-order valence-corrected chi connectivity index (χ4v) is 5.48. The smallest absolute Gasteiger partial charge is 0.301 e. The molecule has 0 bridgehead atoms. The minimum Gasteiger partial charge on any atom is -0.493 e. The van der Waals surface area contributed by atoms with E-state index in [4.69, 9.17) is 4.74 Å². The average molecular weight is 474 g/mol. The first kappa shape index (κ1) is 23.4. The monoisotopic (exact) mass is 473 g/mol. The van der Waals surface area contributed by atoms with E-state index < -0.39 is 15.9 Å². The summed E-state index contributed by atoms with van der Waals surface area (Å²) in [5.74, 6) is 0.0639. The second-order valence-electron chi connectivity index (χ2n) is 8.17. The quantitative estimate of drug-likeness (QED) is 0.603. The van der Waals surface area contributed by atoms with E-state index in [9.17, 15) is 13.2 Å². The van der Waals surface area contributed by atoms with Crippen LogP contribution in [0.15, 0.2) is 28.1 Å². The number of benzene rings is 1. The number of aliphatic imine (C=N–C) groups is 1. The van der Waals surface area contributed by atoms with Crippen molar-refractivity contribution in [2.24, 2.45) is 12.0 Å². The summed E-state index contributed by atoms with van der Waals surface area (Å²) in [6.07, 6.45) is 1.57. The van der Waals surface area contributed by atoms with Crippen LogP contribution in [0.25, 0.3) is 0 Å². The number of sulfonamides is 1. The molecule has 0 saturated carbocycles. The average Bonchev–Trinajstić information content (AvgIpc) is 3.10. The molecule has 0 aliphatic carbocycles. The second kappa shape index (κ2) is 9.24. The molecular weight excluding hydrogens is 444 g/mol. The number of amides is 1. The summed E-state index contributed by atoms with van der Waals surface area (Å²) in [5, 5.41) is 8.43. The van der Waals surface area contributed by atoms with Crippen molar-refractivity contribution in [2.75, 3.05) is 39.8 Å². The molecule has 1 amide bonds. The zero-order valence-corrected chi connectivity index (χ0v) is 20.2. The Balaban J connectivity index is 1.79. The van der Waals surface area contributed by atoms with Gasteiger partial charge >= 0.3 is 5.91 Å². The molecule has 0 N–H and O–H groups in total. The van der Waals surface area contributed by atoms with Crippen LogP contribution in [0.2, 0.25) is 0 Å². The van der Waals surface area contributed by atoms with Gasteiger partial charge < -0.3 is 9.64 Å². The second-order valence-corrected chi connectivity index (χ2v) is 10.1. The number of carbonyl (C=O) groups is 1. The molecule has 33 heavy (non-hydrogen) atoms. The standard InChI is InChI=1S/C22H29N6O4S/c1-5-7-17-19-20(25-27(17)4)22(29)24-21(23-19)16-14-15(8-9-18(16)32-6-2)33(30,31)28-12-10-26(3)11-13-28/h8-9,14H,5-7,10-13H2,1-4H3. The third-order valence-electron chi connectivity index (χ3n) is 5.84. The van der Waals surface area contributed by atoms with Gasteiger partial charge in [0, 0.05) is 33.2 Å². The lowest BCUT2D eigenvalue weighted by Crippen LogP contribution is -2.47. The first-order valence-corrected chi connectivity index (χ1v) is 12.6. The first-order chi connectivity index (χ1) is 15.8. The summed E-state index contributed by atoms with van der Waals surface area (Å²) in [5.41, 5.74) is 1.91. The Labute approximate surface area is 194 Å². The summed E-state index contributed by atoms with van der Waals surface area (Å²) in [7, 11) is 0.0369. The number of hydrogen-bond acceptors (Lipinski definition) is 7. The van der Waals surface area contributed by atoms with Crippen molar-refractivity contribution in [3.05, 3.63) is 35.2 Å². The molecule has 2 aliphatic rings. The molecule has 4 rings (SSSR count). The normalized spacial score (nSPS) is 17.5. The van der Waals surface area contributed by atoms with Gasteiger partial charge in [-0.2, -0.15) is 14.7 Å². The molecule has 0 atom stereocenters. The van der Waals surface area contributed by atoms with Crippen molar-refractivity contribution in [2.45, 2.75) is 31.6 Å². The lowest BCUT2D eigenvalue weighted by molar-refractivity contribution is 0.0967. The Bertz CT molecular complexity index is 1200. The van der Waals surface area contributed by atoms with Crippen LogP contribution in [0, 0.1) is 0 Å². The number of fused-ring (bicyclic) bond motifs is 1. The van der Waals surface area contributed by atoms with E-state index in [0.717, 1.165) is 12.1 Å². The molecule has 3 heterocycles. The number of likely N-dealkylation sites (N-methyl/N-ethyl adjacent to an activating group) is 1. The lowest BCUT2D eigenvalue weighted by atomic mass is 10.1. The highest BCUT2D eigenvalue weighted by Crippen LogP contribution is 2.32. The third kappa shape index (κ3) is 4.40. The Morgan fingerprint density at radius 3 is 2.48 bits per heavy atom. The molecule has 0 spiro atoms. The minimum atomic E-state index is -3.71. The van der Waals surface area contributed by atoms with E-state index in [2.05, 4.69) is 20.3 Å². The van der Waals surface area contributed by atoms with Crippen LogP contribution in [-0.2, 0) is 23.5 Å². The maximum atomic E-state index is 13.3. The van der Waals surface area contributed by atoms with Gasteiger partial charge in [0.1, 0.15) is 11.4 Å². The predicted octanol–water partition coefficient (Wildman–Crippen LogP) is 1.54. The zero-order chi connectivity index (χ0) is 23.8. The largest absolute Gasteiger partial charge is 0.493 e. The van der Waals surface area contributed by atoms with Gasteiger partial charge in [0.05, 0.1) is 22.8 Å². The molecule has 11 heteroatoms. The van der Waals surface area contributed by atoms with Crippen LogP contribution in [0.1, 0.15) is 42.0 Å². The number of rotatable bonds is 7. The summed E-state index contributed by atoms with van der Waals surface area (Å²) in [6.45, 7) is 6.43. The molecular formula is C22H29N6O4S. The van der Waals surface area contributed by atoms with Crippen molar-refractivity contribution in [3.8, 4) is 5.75 Å². The van der Waals surface area contributed by atoms with Crippen LogP contribution in [0.3, 0.4) is 0 Å². The maximum absolute atomic E-state index is 13.3. The van der Waals surface area contributed by atoms with Crippen molar-refractivity contribution >= 4 is 27.5 Å². The van der Waals surface area contributed by atoms with Crippen LogP contribution in [0.4, 0.5) is 5.69 Å². The molecule has 2 aromatic rings. The van der Waals surface area contributed by atoms with Crippen LogP contribution >= 0.6 is 0 Å². The van der Waals surface area contributed by atoms with Gasteiger partial charge in [0.15, 0.2) is 11.5 Å². The molecule has 10 nitrogen and oxygen atoms in total. The number of carbonyl (C=O) groups excluding carboxylic acids is 1. The van der Waals surface area contributed by atoms with Crippen molar-refractivity contribution in [1.29, 1.82) is 0 Å². The van der Waals surface area contributed by atoms with E-state index in [0.29, 0.717) is 56.2 Å². The SMILES string of the molecule is CCCc1c2c(nn1C)C(=O)[N]C(c1cc(S(=O)(=O)N3CCN(C)CC3)ccc1OCC)=N2. The van der Waals surface area contributed by atoms with E-state index in [1.54, 1.807) is 17.8 Å². The summed E-state index contributed by atoms with van der Waals surface area (Å²) in [6, 6.07) is 4.65. The molecule has 1 saturated heterocycles. The van der Waals surface area contributed by atoms with Gasteiger partial charge in [-0.05, 0) is 38.6 Å². The van der Waals surface area contributed by atoms with Gasteiger partial charge in [-0.25, -0.2) is 13.4 Å². The van der Waals surface area contributed by atoms with Gasteiger partial charge in [-0.3, -0.25) is 9.48 Å². The molecule has 1 aromatic heterocycles. The van der Waals surface area contributed by atoms with E-state index in [1.165, 1.54) is 16.4 Å². The van der Waals surface area contributed by atoms with E-state index >= 15 is 0 Å². The van der Waals surface area contributed by atoms with Crippen LogP contribution in [0.5, 0.6) is 5.75 Å². The predicted molar refractivity (Wildman–Crippen MR) is 124 cm³/mol. The Kier molecular flexibility index (Phi) is 6.55. The van der Waals surface area contributed by atoms with Crippen LogP contribution < -0.4 is 10.1 Å². The summed E-state index contributed by atoms with van der Waals surface area (Å²) in [4.78, 5) is 19.6. The van der Waals surface area contributed by atoms with Crippen molar-refractivity contribution in [3.63, 3.8) is 0 Å². The number of nitrogens with zero attached hydrogens (tertiary/aromatic N) is 6. The maximum Gasteiger partial charge on any atom is 0.301 e. The third-order valence-corrected chi connectivity index (χ3v) is 7.74. The van der Waals surface area contributed by atoms with Crippen molar-refractivity contribution < 1.29 is 17.9 Å². The van der Waals surface area contributed by atoms with Crippen molar-refractivity contribution in [1.82, 2.24) is 24.3 Å². The minimum absolute atomic E-state index is 0.127. The lowest BCUT2D eigenvalue weighted by Gasteiger charge is -2.31. The van der Waals surface area contributed by atoms with Gasteiger partial charge in [-0.1, -0.05) is 13.3 Å². The topological polar surface area (TPSA) is 111 Å². The van der Waals surface area contributed by atoms with Crippen LogP contribution in [-0.4, -0.2) is 79.0 Å². The number of aromatic nitrogens is 2. The number of aryl methyl sites for hydroxylation is 1. The Morgan fingerprint density at radius 1 is 1.09 bits per heavy atom. The molecule has 0 unspecified atom stereocenters. The summed E-state index contributed by atoms with van der Waals surface area (Å²) >= 11 is 0. The number of amidine groups is 1. The Morgan fingerprint density at radius 2 is 1.82 bits per heavy atom. The highest BCUT2D eigenvalue weighted by molar-refractivity contribution is 7.89. The van der Waals surface area contributed by atoms with Gasteiger partial charge in [-0.15, -0.1) is 0 Å². The molecule has 177 valence electrons.